The van der Waals surface area contributed by atoms with E-state index in [1.165, 1.54) is 0 Å². The zero-order chi connectivity index (χ0) is 18.9. The largest absolute Gasteiger partial charge is 0.492 e. The molecule has 7 heteroatoms. The van der Waals surface area contributed by atoms with Crippen molar-refractivity contribution in [3.05, 3.63) is 59.1 Å². The Balaban J connectivity index is 1.82. The molecule has 2 rings (SSSR count). The summed E-state index contributed by atoms with van der Waals surface area (Å²) < 4.78 is 5.34. The van der Waals surface area contributed by atoms with Gasteiger partial charge in [0.1, 0.15) is 11.8 Å². The minimum Gasteiger partial charge on any atom is -0.492 e. The van der Waals surface area contributed by atoms with Crippen molar-refractivity contribution in [2.75, 3.05) is 11.9 Å². The lowest BCUT2D eigenvalue weighted by Gasteiger charge is -2.15. The number of halogens is 1. The highest BCUT2D eigenvalue weighted by Crippen LogP contribution is 2.27. The second-order valence-corrected chi connectivity index (χ2v) is 6.01. The third-order valence-corrected chi connectivity index (χ3v) is 3.84. The summed E-state index contributed by atoms with van der Waals surface area (Å²) in [6, 6.07) is 13.3. The summed E-state index contributed by atoms with van der Waals surface area (Å²) in [5.74, 6) is 0.280. The van der Waals surface area contributed by atoms with Crippen molar-refractivity contribution < 1.29 is 14.3 Å². The predicted octanol–water partition coefficient (Wildman–Crippen LogP) is 3.57. The van der Waals surface area contributed by atoms with Gasteiger partial charge < -0.3 is 20.7 Å². The van der Waals surface area contributed by atoms with E-state index >= 15 is 0 Å². The van der Waals surface area contributed by atoms with Gasteiger partial charge in [-0.05, 0) is 37.6 Å². The molecule has 1 atom stereocenters. The van der Waals surface area contributed by atoms with Crippen molar-refractivity contribution in [2.24, 2.45) is 0 Å². The summed E-state index contributed by atoms with van der Waals surface area (Å²) in [5.41, 5.74) is 1.49. The number of carbonyl (C=O) groups excluding carboxylic acids is 2. The van der Waals surface area contributed by atoms with Gasteiger partial charge in [0.25, 0.3) is 0 Å². The molecular formula is C19H22ClN3O3. The van der Waals surface area contributed by atoms with Crippen molar-refractivity contribution in [1.82, 2.24) is 10.6 Å². The maximum Gasteiger partial charge on any atom is 0.319 e. The maximum atomic E-state index is 12.1. The Morgan fingerprint density at radius 1 is 1.15 bits per heavy atom. The van der Waals surface area contributed by atoms with Gasteiger partial charge in [0, 0.05) is 12.2 Å². The van der Waals surface area contributed by atoms with Crippen LogP contribution in [0.1, 0.15) is 19.4 Å². The highest BCUT2D eigenvalue weighted by atomic mass is 35.5. The molecule has 1 unspecified atom stereocenters. The van der Waals surface area contributed by atoms with E-state index in [-0.39, 0.29) is 5.91 Å². The van der Waals surface area contributed by atoms with Gasteiger partial charge in [0.05, 0.1) is 11.6 Å². The van der Waals surface area contributed by atoms with Crippen molar-refractivity contribution in [3.63, 3.8) is 0 Å². The molecule has 26 heavy (non-hydrogen) atoms. The number of rotatable bonds is 7. The molecule has 138 valence electrons. The number of urea groups is 1. The maximum absolute atomic E-state index is 12.1. The fourth-order valence-corrected chi connectivity index (χ4v) is 2.45. The molecule has 0 fully saturated rings. The molecular weight excluding hydrogens is 354 g/mol. The first kappa shape index (κ1) is 19.6. The lowest BCUT2D eigenvalue weighted by atomic mass is 10.2. The van der Waals surface area contributed by atoms with E-state index < -0.39 is 12.1 Å². The second kappa shape index (κ2) is 9.68. The van der Waals surface area contributed by atoms with Crippen LogP contribution in [0.4, 0.5) is 10.5 Å². The first-order valence-corrected chi connectivity index (χ1v) is 8.69. The van der Waals surface area contributed by atoms with Gasteiger partial charge in [-0.25, -0.2) is 4.79 Å². The summed E-state index contributed by atoms with van der Waals surface area (Å²) in [6.45, 7) is 4.38. The monoisotopic (exact) mass is 375 g/mol. The summed E-state index contributed by atoms with van der Waals surface area (Å²) in [4.78, 5) is 24.1. The molecule has 6 nitrogen and oxygen atoms in total. The van der Waals surface area contributed by atoms with Gasteiger partial charge >= 0.3 is 6.03 Å². The Bertz CT molecular complexity index is 753. The van der Waals surface area contributed by atoms with Crippen molar-refractivity contribution in [1.29, 1.82) is 0 Å². The van der Waals surface area contributed by atoms with E-state index in [1.54, 1.807) is 25.1 Å². The quantitative estimate of drug-likeness (QED) is 0.692. The van der Waals surface area contributed by atoms with Crippen LogP contribution in [-0.2, 0) is 11.3 Å². The smallest absolute Gasteiger partial charge is 0.319 e. The molecule has 0 radical (unpaired) electrons. The first-order valence-electron chi connectivity index (χ1n) is 8.31. The van der Waals surface area contributed by atoms with Crippen LogP contribution < -0.4 is 20.7 Å². The predicted molar refractivity (Wildman–Crippen MR) is 103 cm³/mol. The molecule has 0 aromatic heterocycles. The number of nitrogens with one attached hydrogen (secondary N) is 3. The molecule has 0 aliphatic rings. The van der Waals surface area contributed by atoms with Crippen molar-refractivity contribution >= 4 is 29.2 Å². The normalized spacial score (nSPS) is 11.3. The van der Waals surface area contributed by atoms with E-state index in [0.717, 1.165) is 5.56 Å². The van der Waals surface area contributed by atoms with Crippen LogP contribution in [0, 0.1) is 0 Å². The van der Waals surface area contributed by atoms with E-state index in [9.17, 15) is 9.59 Å². The summed E-state index contributed by atoms with van der Waals surface area (Å²) in [5, 5.41) is 8.41. The van der Waals surface area contributed by atoms with Crippen LogP contribution in [0.5, 0.6) is 5.75 Å². The van der Waals surface area contributed by atoms with Crippen LogP contribution in [0.2, 0.25) is 5.02 Å². The number of ether oxygens (including phenoxy) is 1. The molecule has 0 bridgehead atoms. The van der Waals surface area contributed by atoms with Gasteiger partial charge in [-0.2, -0.15) is 0 Å². The number of carbonyl (C=O) groups is 2. The third-order valence-electron chi connectivity index (χ3n) is 3.54. The average molecular weight is 376 g/mol. The Morgan fingerprint density at radius 3 is 2.54 bits per heavy atom. The highest BCUT2D eigenvalue weighted by molar-refractivity contribution is 6.32. The Kier molecular flexibility index (Phi) is 7.29. The lowest BCUT2D eigenvalue weighted by molar-refractivity contribution is -0.122. The molecule has 0 saturated carbocycles. The van der Waals surface area contributed by atoms with Gasteiger partial charge in [-0.1, -0.05) is 41.9 Å². The van der Waals surface area contributed by atoms with Crippen LogP contribution in [0.15, 0.2) is 48.5 Å². The van der Waals surface area contributed by atoms with Gasteiger partial charge in [-0.3, -0.25) is 4.79 Å². The molecule has 0 aliphatic carbocycles. The van der Waals surface area contributed by atoms with E-state index in [2.05, 4.69) is 16.0 Å². The Morgan fingerprint density at radius 2 is 1.88 bits per heavy atom. The number of anilines is 1. The summed E-state index contributed by atoms with van der Waals surface area (Å²) in [7, 11) is 0. The second-order valence-electron chi connectivity index (χ2n) is 5.60. The van der Waals surface area contributed by atoms with E-state index in [1.807, 2.05) is 37.3 Å². The van der Waals surface area contributed by atoms with E-state index in [4.69, 9.17) is 16.3 Å². The number of amides is 3. The van der Waals surface area contributed by atoms with Crippen LogP contribution in [0.25, 0.3) is 0 Å². The molecule has 0 aliphatic heterocycles. The topological polar surface area (TPSA) is 79.5 Å². The fraction of sp³-hybridized carbons (Fsp3) is 0.263. The minimum atomic E-state index is -0.683. The zero-order valence-electron chi connectivity index (χ0n) is 14.7. The summed E-state index contributed by atoms with van der Waals surface area (Å²) >= 11 is 6.09. The molecule has 2 aromatic carbocycles. The molecule has 3 N–H and O–H groups in total. The third kappa shape index (κ3) is 5.97. The highest BCUT2D eigenvalue weighted by Gasteiger charge is 2.15. The lowest BCUT2D eigenvalue weighted by Crippen LogP contribution is -2.46. The van der Waals surface area contributed by atoms with Crippen molar-refractivity contribution in [2.45, 2.75) is 26.4 Å². The van der Waals surface area contributed by atoms with E-state index in [0.29, 0.717) is 29.6 Å². The number of hydrogen-bond acceptors (Lipinski definition) is 3. The fourth-order valence-electron chi connectivity index (χ4n) is 2.22. The standard InChI is InChI=1S/C19H22ClN3O3/c1-3-26-17-10-9-15(11-16(17)20)23-19(25)22-13(2)18(24)21-12-14-7-5-4-6-8-14/h4-11,13H,3,12H2,1-2H3,(H,21,24)(H2,22,23,25). The molecule has 3 amide bonds. The summed E-state index contributed by atoms with van der Waals surface area (Å²) in [6.07, 6.45) is 0. The van der Waals surface area contributed by atoms with Gasteiger partial charge in [0.15, 0.2) is 0 Å². The van der Waals surface area contributed by atoms with Crippen LogP contribution in [0.3, 0.4) is 0 Å². The molecule has 0 spiro atoms. The van der Waals surface area contributed by atoms with Gasteiger partial charge in [0.2, 0.25) is 5.91 Å². The van der Waals surface area contributed by atoms with Crippen molar-refractivity contribution in [3.8, 4) is 5.75 Å². The van der Waals surface area contributed by atoms with Crippen LogP contribution in [-0.4, -0.2) is 24.6 Å². The Labute approximate surface area is 157 Å². The number of benzene rings is 2. The molecule has 0 saturated heterocycles. The molecule has 2 aromatic rings. The first-order chi connectivity index (χ1) is 12.5. The van der Waals surface area contributed by atoms with Gasteiger partial charge in [-0.15, -0.1) is 0 Å². The van der Waals surface area contributed by atoms with Crippen LogP contribution >= 0.6 is 11.6 Å². The SMILES string of the molecule is CCOc1ccc(NC(=O)NC(C)C(=O)NCc2ccccc2)cc1Cl. The zero-order valence-corrected chi connectivity index (χ0v) is 15.5. The Hall–Kier alpha value is -2.73. The molecule has 0 heterocycles. The number of hydrogen-bond donors (Lipinski definition) is 3. The average Bonchev–Trinajstić information content (AvgIpc) is 2.62. The minimum absolute atomic E-state index is 0.270.